The topological polar surface area (TPSA) is 75.9 Å². The van der Waals surface area contributed by atoms with Gasteiger partial charge in [-0.15, -0.1) is 10.2 Å². The van der Waals surface area contributed by atoms with Gasteiger partial charge < -0.3 is 5.32 Å². The quantitative estimate of drug-likeness (QED) is 0.700. The summed E-state index contributed by atoms with van der Waals surface area (Å²) < 4.78 is 1.74. The van der Waals surface area contributed by atoms with Gasteiger partial charge in [-0.3, -0.25) is 14.3 Å². The molecule has 1 N–H and O–H groups in total. The van der Waals surface area contributed by atoms with Gasteiger partial charge in [0.1, 0.15) is 6.33 Å². The second-order valence-electron chi connectivity index (χ2n) is 7.51. The number of benzene rings is 1. The van der Waals surface area contributed by atoms with E-state index in [-0.39, 0.29) is 5.91 Å². The number of aromatic nitrogens is 4. The van der Waals surface area contributed by atoms with Gasteiger partial charge in [0.15, 0.2) is 11.5 Å². The first kappa shape index (κ1) is 19.3. The van der Waals surface area contributed by atoms with Gasteiger partial charge in [0.05, 0.1) is 0 Å². The van der Waals surface area contributed by atoms with Gasteiger partial charge in [-0.1, -0.05) is 30.7 Å². The molecule has 29 heavy (non-hydrogen) atoms. The fraction of sp³-hybridized carbons (Fsp3) is 0.364. The second-order valence-corrected chi connectivity index (χ2v) is 7.51. The van der Waals surface area contributed by atoms with Crippen LogP contribution in [0.4, 0.5) is 0 Å². The van der Waals surface area contributed by atoms with Crippen LogP contribution in [0.15, 0.2) is 55.1 Å². The molecule has 1 aromatic carbocycles. The van der Waals surface area contributed by atoms with Gasteiger partial charge in [-0.2, -0.15) is 0 Å². The molecule has 0 bridgehead atoms. The Labute approximate surface area is 170 Å². The molecule has 1 amide bonds. The maximum atomic E-state index is 12.5. The van der Waals surface area contributed by atoms with Crippen molar-refractivity contribution in [2.45, 2.75) is 45.3 Å². The van der Waals surface area contributed by atoms with E-state index in [1.54, 1.807) is 35.4 Å². The van der Waals surface area contributed by atoms with E-state index in [9.17, 15) is 4.79 Å². The number of hydrogen-bond donors (Lipinski definition) is 1. The van der Waals surface area contributed by atoms with E-state index in [4.69, 9.17) is 0 Å². The lowest BCUT2D eigenvalue weighted by Gasteiger charge is -2.33. The van der Waals surface area contributed by atoms with Crippen molar-refractivity contribution >= 4 is 5.91 Å². The summed E-state index contributed by atoms with van der Waals surface area (Å²) >= 11 is 0. The molecule has 3 heterocycles. The normalized spacial score (nSPS) is 17.2. The fourth-order valence-corrected chi connectivity index (χ4v) is 3.74. The highest BCUT2D eigenvalue weighted by atomic mass is 16.1. The van der Waals surface area contributed by atoms with Crippen LogP contribution < -0.4 is 5.32 Å². The molecule has 1 aliphatic heterocycles. The molecular formula is C22H26N6O. The molecule has 0 saturated carbocycles. The average Bonchev–Trinajstić information content (AvgIpc) is 3.29. The summed E-state index contributed by atoms with van der Waals surface area (Å²) in [4.78, 5) is 19.0. The minimum Gasteiger partial charge on any atom is -0.347 e. The smallest absolute Gasteiger partial charge is 0.272 e. The number of likely N-dealkylation sites (tertiary alicyclic amines) is 1. The number of rotatable bonds is 6. The lowest BCUT2D eigenvalue weighted by atomic mass is 10.0. The van der Waals surface area contributed by atoms with E-state index in [2.05, 4.69) is 50.5 Å². The van der Waals surface area contributed by atoms with Gasteiger partial charge in [-0.05, 0) is 49.6 Å². The number of piperidine rings is 1. The van der Waals surface area contributed by atoms with Crippen LogP contribution in [0.5, 0.6) is 0 Å². The lowest BCUT2D eigenvalue weighted by Crippen LogP contribution is -2.37. The number of amides is 1. The summed E-state index contributed by atoms with van der Waals surface area (Å²) in [6.07, 6.45) is 8.93. The number of nitrogens with zero attached hydrogens (tertiary/aromatic N) is 5. The number of hydrogen-bond acceptors (Lipinski definition) is 5. The summed E-state index contributed by atoms with van der Waals surface area (Å²) in [5, 5.41) is 11.1. The summed E-state index contributed by atoms with van der Waals surface area (Å²) in [7, 11) is 0. The third-order valence-corrected chi connectivity index (χ3v) is 5.52. The molecule has 4 rings (SSSR count). The maximum Gasteiger partial charge on any atom is 0.272 e. The van der Waals surface area contributed by atoms with Crippen molar-refractivity contribution in [2.75, 3.05) is 6.54 Å². The summed E-state index contributed by atoms with van der Waals surface area (Å²) in [5.74, 6) is 0.399. The van der Waals surface area contributed by atoms with E-state index in [0.717, 1.165) is 18.7 Å². The zero-order chi connectivity index (χ0) is 20.1. The molecule has 0 radical (unpaired) electrons. The van der Waals surface area contributed by atoms with Crippen molar-refractivity contribution in [1.82, 2.24) is 30.0 Å². The summed E-state index contributed by atoms with van der Waals surface area (Å²) in [6.45, 7) is 4.84. The number of carbonyl (C=O) groups excluding carboxylic acids is 1. The van der Waals surface area contributed by atoms with Crippen LogP contribution in [-0.2, 0) is 13.1 Å². The van der Waals surface area contributed by atoms with E-state index >= 15 is 0 Å². The molecule has 150 valence electrons. The van der Waals surface area contributed by atoms with Crippen molar-refractivity contribution < 1.29 is 4.79 Å². The number of nitrogens with one attached hydrogen (secondary N) is 1. The van der Waals surface area contributed by atoms with Crippen LogP contribution in [-0.4, -0.2) is 43.1 Å². The molecule has 7 heteroatoms. The summed E-state index contributed by atoms with van der Waals surface area (Å²) in [6, 6.07) is 12.4. The SMILES string of the molecule is CC1CCCCN1Cc1ccccc1CNC(=O)c1ccc(-n2ccnc2)nn1. The molecule has 1 aliphatic rings. The minimum atomic E-state index is -0.226. The maximum absolute atomic E-state index is 12.5. The third-order valence-electron chi connectivity index (χ3n) is 5.52. The third kappa shape index (κ3) is 4.68. The Balaban J connectivity index is 1.39. The molecule has 1 unspecified atom stereocenters. The van der Waals surface area contributed by atoms with Gasteiger partial charge in [-0.25, -0.2) is 4.98 Å². The molecule has 0 spiro atoms. The highest BCUT2D eigenvalue weighted by molar-refractivity contribution is 5.92. The Hall–Kier alpha value is -3.06. The average molecular weight is 390 g/mol. The predicted molar refractivity (Wildman–Crippen MR) is 110 cm³/mol. The van der Waals surface area contributed by atoms with E-state index in [1.807, 2.05) is 6.07 Å². The summed E-state index contributed by atoms with van der Waals surface area (Å²) in [5.41, 5.74) is 2.71. The Kier molecular flexibility index (Phi) is 5.95. The predicted octanol–water partition coefficient (Wildman–Crippen LogP) is 2.97. The first-order valence-corrected chi connectivity index (χ1v) is 10.1. The molecule has 3 aromatic rings. The minimum absolute atomic E-state index is 0.226. The Morgan fingerprint density at radius 3 is 2.72 bits per heavy atom. The van der Waals surface area contributed by atoms with Crippen LogP contribution in [0.2, 0.25) is 0 Å². The van der Waals surface area contributed by atoms with Crippen molar-refractivity contribution in [3.05, 3.63) is 71.9 Å². The second kappa shape index (κ2) is 8.96. The van der Waals surface area contributed by atoms with E-state index in [1.165, 1.54) is 24.8 Å². The molecule has 7 nitrogen and oxygen atoms in total. The van der Waals surface area contributed by atoms with Crippen molar-refractivity contribution in [1.29, 1.82) is 0 Å². The molecule has 1 saturated heterocycles. The standard InChI is InChI=1S/C22H26N6O/c1-17-6-4-5-12-27(17)15-19-8-3-2-7-18(19)14-24-22(29)20-9-10-21(26-25-20)28-13-11-23-16-28/h2-3,7-11,13,16-17H,4-6,12,14-15H2,1H3,(H,24,29). The zero-order valence-corrected chi connectivity index (χ0v) is 16.7. The van der Waals surface area contributed by atoms with Gasteiger partial charge in [0, 0.05) is 31.5 Å². The van der Waals surface area contributed by atoms with Crippen LogP contribution in [0, 0.1) is 0 Å². The first-order chi connectivity index (χ1) is 14.2. The fourth-order valence-electron chi connectivity index (χ4n) is 3.74. The van der Waals surface area contributed by atoms with Gasteiger partial charge in [0.25, 0.3) is 5.91 Å². The number of imidazole rings is 1. The zero-order valence-electron chi connectivity index (χ0n) is 16.7. The highest BCUT2D eigenvalue weighted by Gasteiger charge is 2.19. The number of carbonyl (C=O) groups is 1. The van der Waals surface area contributed by atoms with Crippen LogP contribution >= 0.6 is 0 Å². The van der Waals surface area contributed by atoms with Crippen molar-refractivity contribution in [2.24, 2.45) is 0 Å². The Morgan fingerprint density at radius 2 is 2.00 bits per heavy atom. The van der Waals surface area contributed by atoms with Crippen LogP contribution in [0.1, 0.15) is 47.8 Å². The molecule has 2 aromatic heterocycles. The van der Waals surface area contributed by atoms with Crippen molar-refractivity contribution in [3.8, 4) is 5.82 Å². The Bertz CT molecular complexity index is 938. The van der Waals surface area contributed by atoms with Gasteiger partial charge >= 0.3 is 0 Å². The molecule has 0 aliphatic carbocycles. The monoisotopic (exact) mass is 390 g/mol. The van der Waals surface area contributed by atoms with E-state index in [0.29, 0.717) is 24.1 Å². The van der Waals surface area contributed by atoms with Crippen molar-refractivity contribution in [3.63, 3.8) is 0 Å². The van der Waals surface area contributed by atoms with Gasteiger partial charge in [0.2, 0.25) is 0 Å². The van der Waals surface area contributed by atoms with Crippen LogP contribution in [0.25, 0.3) is 5.82 Å². The molecular weight excluding hydrogens is 364 g/mol. The van der Waals surface area contributed by atoms with E-state index < -0.39 is 0 Å². The van der Waals surface area contributed by atoms with Crippen LogP contribution in [0.3, 0.4) is 0 Å². The Morgan fingerprint density at radius 1 is 1.14 bits per heavy atom. The highest BCUT2D eigenvalue weighted by Crippen LogP contribution is 2.20. The largest absolute Gasteiger partial charge is 0.347 e. The lowest BCUT2D eigenvalue weighted by molar-refractivity contribution is 0.0944. The molecule has 1 fully saturated rings. The first-order valence-electron chi connectivity index (χ1n) is 10.1. The molecule has 1 atom stereocenters.